The first-order valence-corrected chi connectivity index (χ1v) is 8.11. The molecule has 1 aromatic carbocycles. The molecule has 2 rings (SSSR count). The summed E-state index contributed by atoms with van der Waals surface area (Å²) in [5.41, 5.74) is 1.12. The highest BCUT2D eigenvalue weighted by Crippen LogP contribution is 2.19. The van der Waals surface area contributed by atoms with E-state index in [1.807, 2.05) is 12.1 Å². The predicted molar refractivity (Wildman–Crippen MR) is 87.3 cm³/mol. The fourth-order valence-corrected chi connectivity index (χ4v) is 2.79. The van der Waals surface area contributed by atoms with Gasteiger partial charge >= 0.3 is 5.97 Å². The van der Waals surface area contributed by atoms with E-state index in [0.29, 0.717) is 25.4 Å². The number of carboxylic acids is 1. The average Bonchev–Trinajstić information content (AvgIpc) is 2.96. The van der Waals surface area contributed by atoms with Gasteiger partial charge in [-0.05, 0) is 29.9 Å². The molecular formula is C18H25NO4. The summed E-state index contributed by atoms with van der Waals surface area (Å²) in [7, 11) is 0. The number of ether oxygens (including phenoxy) is 1. The van der Waals surface area contributed by atoms with E-state index in [1.54, 1.807) is 0 Å². The third kappa shape index (κ3) is 4.79. The monoisotopic (exact) mass is 319 g/mol. The van der Waals surface area contributed by atoms with Crippen LogP contribution in [0.3, 0.4) is 0 Å². The van der Waals surface area contributed by atoms with Gasteiger partial charge in [-0.25, -0.2) is 4.79 Å². The fourth-order valence-electron chi connectivity index (χ4n) is 2.79. The van der Waals surface area contributed by atoms with Gasteiger partial charge in [0.1, 0.15) is 0 Å². The molecule has 1 aliphatic rings. The van der Waals surface area contributed by atoms with Crippen molar-refractivity contribution in [1.82, 2.24) is 5.32 Å². The van der Waals surface area contributed by atoms with E-state index in [9.17, 15) is 14.7 Å². The van der Waals surface area contributed by atoms with Crippen molar-refractivity contribution in [3.63, 3.8) is 0 Å². The van der Waals surface area contributed by atoms with Crippen LogP contribution in [0.2, 0.25) is 0 Å². The largest absolute Gasteiger partial charge is 0.479 e. The van der Waals surface area contributed by atoms with E-state index < -0.39 is 11.5 Å². The number of aryl methyl sites for hydroxylation is 1. The third-order valence-corrected chi connectivity index (χ3v) is 4.12. The Morgan fingerprint density at radius 3 is 2.43 bits per heavy atom. The van der Waals surface area contributed by atoms with Gasteiger partial charge in [0.25, 0.3) is 0 Å². The van der Waals surface area contributed by atoms with Crippen LogP contribution in [0.5, 0.6) is 0 Å². The average molecular weight is 319 g/mol. The van der Waals surface area contributed by atoms with Gasteiger partial charge in [0, 0.05) is 19.4 Å². The number of carbonyl (C=O) groups is 2. The minimum atomic E-state index is -1.25. The van der Waals surface area contributed by atoms with Gasteiger partial charge in [-0.1, -0.05) is 38.1 Å². The number of hydrogen-bond acceptors (Lipinski definition) is 3. The molecule has 0 saturated carbocycles. The van der Waals surface area contributed by atoms with Crippen molar-refractivity contribution in [1.29, 1.82) is 0 Å². The van der Waals surface area contributed by atoms with Gasteiger partial charge in [0.2, 0.25) is 5.91 Å². The summed E-state index contributed by atoms with van der Waals surface area (Å²) in [6, 6.07) is 8.26. The van der Waals surface area contributed by atoms with Gasteiger partial charge in [-0.15, -0.1) is 0 Å². The second kappa shape index (κ2) is 7.59. The Balaban J connectivity index is 1.85. The molecule has 1 atom stereocenters. The smallest absolute Gasteiger partial charge is 0.331 e. The number of carboxylic acid groups (broad SMARTS) is 1. The summed E-state index contributed by atoms with van der Waals surface area (Å²) in [6.45, 7) is 4.77. The Labute approximate surface area is 137 Å². The molecule has 1 heterocycles. The first kappa shape index (κ1) is 17.5. The molecule has 1 amide bonds. The molecule has 2 N–H and O–H groups in total. The van der Waals surface area contributed by atoms with E-state index >= 15 is 0 Å². The van der Waals surface area contributed by atoms with E-state index in [0.717, 1.165) is 12.0 Å². The molecule has 5 heteroatoms. The molecule has 23 heavy (non-hydrogen) atoms. The SMILES string of the molecule is CC(C)Cc1ccc(CCC(=O)NC2(C(=O)O)CCOC2)cc1. The van der Waals surface area contributed by atoms with E-state index in [1.165, 1.54) is 5.56 Å². The summed E-state index contributed by atoms with van der Waals surface area (Å²) in [5, 5.41) is 11.9. The molecule has 0 aromatic heterocycles. The van der Waals surface area contributed by atoms with Crippen LogP contribution in [0.15, 0.2) is 24.3 Å². The van der Waals surface area contributed by atoms with Crippen molar-refractivity contribution in [2.75, 3.05) is 13.2 Å². The highest BCUT2D eigenvalue weighted by Gasteiger charge is 2.43. The second-order valence-corrected chi connectivity index (χ2v) is 6.65. The Morgan fingerprint density at radius 1 is 1.26 bits per heavy atom. The number of hydrogen-bond donors (Lipinski definition) is 2. The number of nitrogens with one attached hydrogen (secondary N) is 1. The lowest BCUT2D eigenvalue weighted by molar-refractivity contribution is -0.147. The predicted octanol–water partition coefficient (Wildman–Crippen LogP) is 2.18. The molecule has 0 aliphatic carbocycles. The fraction of sp³-hybridized carbons (Fsp3) is 0.556. The summed E-state index contributed by atoms with van der Waals surface area (Å²) >= 11 is 0. The van der Waals surface area contributed by atoms with Crippen LogP contribution in [0.1, 0.15) is 37.8 Å². The zero-order valence-electron chi connectivity index (χ0n) is 13.8. The van der Waals surface area contributed by atoms with Crippen LogP contribution in [0.4, 0.5) is 0 Å². The van der Waals surface area contributed by atoms with Gasteiger partial charge in [0.15, 0.2) is 5.54 Å². The molecule has 1 fully saturated rings. The molecule has 0 bridgehead atoms. The maximum Gasteiger partial charge on any atom is 0.331 e. The van der Waals surface area contributed by atoms with E-state index in [2.05, 4.69) is 31.3 Å². The Kier molecular flexibility index (Phi) is 5.77. The maximum atomic E-state index is 12.1. The lowest BCUT2D eigenvalue weighted by Gasteiger charge is -2.23. The summed E-state index contributed by atoms with van der Waals surface area (Å²) < 4.78 is 5.13. The standard InChI is InChI=1S/C18H25NO4/c1-13(2)11-15-5-3-14(4-6-15)7-8-16(20)19-18(17(21)22)9-10-23-12-18/h3-6,13H,7-12H2,1-2H3,(H,19,20)(H,21,22). The molecular weight excluding hydrogens is 294 g/mol. The van der Waals surface area contributed by atoms with Crippen LogP contribution in [0, 0.1) is 5.92 Å². The van der Waals surface area contributed by atoms with E-state index in [4.69, 9.17) is 4.74 Å². The Hall–Kier alpha value is -1.88. The lowest BCUT2D eigenvalue weighted by atomic mass is 9.98. The molecule has 0 spiro atoms. The number of carbonyl (C=O) groups excluding carboxylic acids is 1. The molecule has 5 nitrogen and oxygen atoms in total. The van der Waals surface area contributed by atoms with Crippen LogP contribution in [0.25, 0.3) is 0 Å². The molecule has 1 saturated heterocycles. The molecule has 0 radical (unpaired) electrons. The van der Waals surface area contributed by atoms with Crippen molar-refractivity contribution in [3.8, 4) is 0 Å². The molecule has 1 unspecified atom stereocenters. The van der Waals surface area contributed by atoms with Crippen LogP contribution >= 0.6 is 0 Å². The quantitative estimate of drug-likeness (QED) is 0.808. The minimum absolute atomic E-state index is 0.0397. The molecule has 126 valence electrons. The maximum absolute atomic E-state index is 12.1. The summed E-state index contributed by atoms with van der Waals surface area (Å²) in [5.74, 6) is -0.655. The van der Waals surface area contributed by atoms with Gasteiger partial charge < -0.3 is 15.2 Å². The molecule has 1 aromatic rings. The van der Waals surface area contributed by atoms with Crippen molar-refractivity contribution < 1.29 is 19.4 Å². The summed E-state index contributed by atoms with van der Waals surface area (Å²) in [6.07, 6.45) is 2.24. The highest BCUT2D eigenvalue weighted by atomic mass is 16.5. The highest BCUT2D eigenvalue weighted by molar-refractivity contribution is 5.87. The van der Waals surface area contributed by atoms with Crippen molar-refractivity contribution in [2.24, 2.45) is 5.92 Å². The van der Waals surface area contributed by atoms with Gasteiger partial charge in [-0.3, -0.25) is 4.79 Å². The van der Waals surface area contributed by atoms with Gasteiger partial charge in [0.05, 0.1) is 6.61 Å². The van der Waals surface area contributed by atoms with Gasteiger partial charge in [-0.2, -0.15) is 0 Å². The van der Waals surface area contributed by atoms with E-state index in [-0.39, 0.29) is 18.9 Å². The normalized spacial score (nSPS) is 20.7. The molecule has 1 aliphatic heterocycles. The van der Waals surface area contributed by atoms with Crippen LogP contribution in [-0.4, -0.2) is 35.7 Å². The Morgan fingerprint density at radius 2 is 1.91 bits per heavy atom. The number of amides is 1. The third-order valence-electron chi connectivity index (χ3n) is 4.12. The van der Waals surface area contributed by atoms with Crippen LogP contribution < -0.4 is 5.32 Å². The number of benzene rings is 1. The topological polar surface area (TPSA) is 75.6 Å². The zero-order chi connectivity index (χ0) is 16.9. The zero-order valence-corrected chi connectivity index (χ0v) is 13.8. The first-order valence-electron chi connectivity index (χ1n) is 8.11. The number of rotatable bonds is 7. The second-order valence-electron chi connectivity index (χ2n) is 6.65. The van der Waals surface area contributed by atoms with Crippen molar-refractivity contribution >= 4 is 11.9 Å². The number of aliphatic carboxylic acids is 1. The van der Waals surface area contributed by atoms with Crippen LogP contribution in [-0.2, 0) is 27.2 Å². The Bertz CT molecular complexity index is 545. The first-order chi connectivity index (χ1) is 10.9. The summed E-state index contributed by atoms with van der Waals surface area (Å²) in [4.78, 5) is 23.4. The van der Waals surface area contributed by atoms with Crippen molar-refractivity contribution in [2.45, 2.75) is 45.1 Å². The lowest BCUT2D eigenvalue weighted by Crippen LogP contribution is -2.55. The van der Waals surface area contributed by atoms with Crippen molar-refractivity contribution in [3.05, 3.63) is 35.4 Å². The minimum Gasteiger partial charge on any atom is -0.479 e.